The van der Waals surface area contributed by atoms with Crippen LogP contribution in [0.5, 0.6) is 0 Å². The third-order valence-corrected chi connectivity index (χ3v) is 9.48. The summed E-state index contributed by atoms with van der Waals surface area (Å²) in [6, 6.07) is 3.79. The van der Waals surface area contributed by atoms with Crippen molar-refractivity contribution in [2.45, 2.75) is 73.9 Å². The number of nitrogens with zero attached hydrogens (tertiary/aromatic N) is 3. The molecule has 33 heavy (non-hydrogen) atoms. The van der Waals surface area contributed by atoms with Gasteiger partial charge in [-0.05, 0) is 27.7 Å². The summed E-state index contributed by atoms with van der Waals surface area (Å²) in [7, 11) is -1.55. The van der Waals surface area contributed by atoms with Crippen LogP contribution < -0.4 is 11.2 Å². The molecule has 0 aromatic carbocycles. The standard InChI is InChI=1S/C10H13IN2O5Te.C9H19N2O2P/c1-19-7-4-6(5-16-18-11)17-9(7)13-3-2-8(14)12-10(13)15;1-8(2)11(9(3)4)14(12)13-7-5-6-10/h2-3,6-7,9H,4-5H2,1H3,(H,12,14,15);8-9,12H,5,7H2,1-4H3. The Bertz CT molecular complexity index is 842. The summed E-state index contributed by atoms with van der Waals surface area (Å²) in [4.78, 5) is 41.9. The van der Waals surface area contributed by atoms with Crippen molar-refractivity contribution in [1.29, 1.82) is 5.26 Å². The molecule has 1 aromatic rings. The van der Waals surface area contributed by atoms with E-state index in [-0.39, 0.29) is 45.3 Å². The monoisotopic (exact) mass is 716 g/mol. The maximum absolute atomic E-state index is 11.8. The van der Waals surface area contributed by atoms with Gasteiger partial charge in [0.1, 0.15) is 0 Å². The van der Waals surface area contributed by atoms with E-state index < -0.39 is 19.8 Å². The van der Waals surface area contributed by atoms with Gasteiger partial charge in [-0.25, -0.2) is 4.67 Å². The van der Waals surface area contributed by atoms with Gasteiger partial charge in [0, 0.05) is 12.1 Å². The van der Waals surface area contributed by atoms with Crippen LogP contribution in [0.1, 0.15) is 46.8 Å². The zero-order chi connectivity index (χ0) is 25.0. The molecule has 2 N–H and O–H groups in total. The third kappa shape index (κ3) is 10.6. The number of halogens is 1. The molecule has 0 saturated carbocycles. The average molecular weight is 714 g/mol. The first kappa shape index (κ1) is 30.9. The molecule has 0 spiro atoms. The third-order valence-electron chi connectivity index (χ3n) is 4.55. The van der Waals surface area contributed by atoms with Crippen LogP contribution in [0, 0.1) is 11.3 Å². The van der Waals surface area contributed by atoms with Gasteiger partial charge in [0.05, 0.1) is 19.1 Å². The Labute approximate surface area is 219 Å². The fourth-order valence-corrected chi connectivity index (χ4v) is 6.95. The Morgan fingerprint density at radius 3 is 2.61 bits per heavy atom. The second kappa shape index (κ2) is 16.5. The summed E-state index contributed by atoms with van der Waals surface area (Å²) < 4.78 is 19.3. The number of hydrogen-bond donors (Lipinski definition) is 2. The Morgan fingerprint density at radius 2 is 2.09 bits per heavy atom. The molecule has 0 radical (unpaired) electrons. The van der Waals surface area contributed by atoms with E-state index >= 15 is 0 Å². The topological polar surface area (TPSA) is 139 Å². The van der Waals surface area contributed by atoms with Crippen molar-refractivity contribution in [3.05, 3.63) is 33.1 Å². The van der Waals surface area contributed by atoms with E-state index in [2.05, 4.69) is 13.2 Å². The molecule has 1 aliphatic heterocycles. The molecule has 0 amide bonds. The van der Waals surface area contributed by atoms with Gasteiger partial charge in [-0.2, -0.15) is 5.26 Å². The molecule has 2 rings (SSSR count). The van der Waals surface area contributed by atoms with Gasteiger partial charge in [0.15, 0.2) is 0 Å². The van der Waals surface area contributed by atoms with E-state index in [1.807, 2.05) is 38.4 Å². The van der Waals surface area contributed by atoms with Crippen LogP contribution in [0.3, 0.4) is 0 Å². The van der Waals surface area contributed by atoms with Crippen molar-refractivity contribution in [3.8, 4) is 6.07 Å². The van der Waals surface area contributed by atoms with E-state index in [0.717, 1.165) is 6.42 Å². The van der Waals surface area contributed by atoms with Gasteiger partial charge in [-0.3, -0.25) is 0 Å². The second-order valence-corrected chi connectivity index (χ2v) is 12.2. The summed E-state index contributed by atoms with van der Waals surface area (Å²) in [6.07, 6.45) is 2.24. The normalized spacial score (nSPS) is 21.2. The molecule has 2 heterocycles. The zero-order valence-corrected chi connectivity index (χ0v) is 24.7. The molecule has 11 nitrogen and oxygen atoms in total. The number of aromatic nitrogens is 2. The summed E-state index contributed by atoms with van der Waals surface area (Å²) in [5.74, 6) is 0. The van der Waals surface area contributed by atoms with Gasteiger partial charge >= 0.3 is 134 Å². The number of aromatic amines is 1. The van der Waals surface area contributed by atoms with Crippen LogP contribution in [-0.4, -0.2) is 71.4 Å². The minimum absolute atomic E-state index is 0.0892. The molecule has 4 unspecified atom stereocenters. The van der Waals surface area contributed by atoms with Crippen LogP contribution in [0.2, 0.25) is 8.94 Å². The van der Waals surface area contributed by atoms with E-state index in [4.69, 9.17) is 19.4 Å². The quantitative estimate of drug-likeness (QED) is 0.0886. The second-order valence-electron chi connectivity index (χ2n) is 7.59. The molecule has 14 heteroatoms. The Hall–Kier alpha value is -0.120. The van der Waals surface area contributed by atoms with Gasteiger partial charge < -0.3 is 9.42 Å². The van der Waals surface area contributed by atoms with Crippen molar-refractivity contribution < 1.29 is 22.3 Å². The van der Waals surface area contributed by atoms with Crippen LogP contribution in [0.4, 0.5) is 0 Å². The molecular formula is C19H32IN4O7PTe. The van der Waals surface area contributed by atoms with Gasteiger partial charge in [-0.1, -0.05) is 0 Å². The van der Waals surface area contributed by atoms with Crippen LogP contribution in [0.15, 0.2) is 21.9 Å². The first-order valence-electron chi connectivity index (χ1n) is 10.3. The SMILES string of the molecule is CC(C)N(C(C)C)P(O)OCCC#N.C[Te]C1CC(COOI)OC1n1ccc(=O)[nH]c1=O. The Balaban J connectivity index is 0.000000349. The van der Waals surface area contributed by atoms with Crippen LogP contribution >= 0.6 is 31.5 Å². The fourth-order valence-electron chi connectivity index (χ4n) is 3.24. The summed E-state index contributed by atoms with van der Waals surface area (Å²) in [6.45, 7) is 8.69. The first-order valence-corrected chi connectivity index (χ1v) is 16.0. The molecule has 1 saturated heterocycles. The molecule has 0 aliphatic carbocycles. The Kier molecular flexibility index (Phi) is 15.5. The number of nitriles is 1. The Morgan fingerprint density at radius 1 is 1.42 bits per heavy atom. The van der Waals surface area contributed by atoms with E-state index in [1.165, 1.54) is 16.8 Å². The van der Waals surface area contributed by atoms with Crippen molar-refractivity contribution >= 4 is 52.5 Å². The van der Waals surface area contributed by atoms with E-state index in [0.29, 0.717) is 23.6 Å². The first-order chi connectivity index (χ1) is 15.7. The van der Waals surface area contributed by atoms with Crippen LogP contribution in [0.25, 0.3) is 0 Å². The van der Waals surface area contributed by atoms with Crippen molar-refractivity contribution in [2.24, 2.45) is 0 Å². The number of hydrogen-bond acceptors (Lipinski definition) is 9. The maximum atomic E-state index is 11.8. The predicted molar refractivity (Wildman–Crippen MR) is 134 cm³/mol. The van der Waals surface area contributed by atoms with Crippen molar-refractivity contribution in [2.75, 3.05) is 13.2 Å². The van der Waals surface area contributed by atoms with Gasteiger partial charge in [0.25, 0.3) is 8.53 Å². The van der Waals surface area contributed by atoms with E-state index in [9.17, 15) is 14.5 Å². The fraction of sp³-hybridized carbons (Fsp3) is 0.737. The summed E-state index contributed by atoms with van der Waals surface area (Å²) in [5.41, 5.74) is -0.836. The predicted octanol–water partition coefficient (Wildman–Crippen LogP) is 2.92. The number of ether oxygens (including phenoxy) is 1. The summed E-state index contributed by atoms with van der Waals surface area (Å²) >= 11 is 1.37. The molecule has 1 fully saturated rings. The molecular weight excluding hydrogens is 682 g/mol. The van der Waals surface area contributed by atoms with Gasteiger partial charge in [0.2, 0.25) is 0 Å². The average Bonchev–Trinajstić information content (AvgIpc) is 3.15. The van der Waals surface area contributed by atoms with Crippen molar-refractivity contribution in [3.63, 3.8) is 0 Å². The minimum atomic E-state index is -1.55. The van der Waals surface area contributed by atoms with Crippen LogP contribution in [-0.2, 0) is 17.4 Å². The van der Waals surface area contributed by atoms with Gasteiger partial charge in [-0.15, -0.1) is 0 Å². The molecule has 188 valence electrons. The number of nitrogens with one attached hydrogen (secondary N) is 1. The molecule has 4 atom stereocenters. The molecule has 1 aromatic heterocycles. The number of H-pyrrole nitrogens is 1. The van der Waals surface area contributed by atoms with Crippen molar-refractivity contribution in [1.82, 2.24) is 14.2 Å². The number of rotatable bonds is 11. The summed E-state index contributed by atoms with van der Waals surface area (Å²) in [5, 5.41) is 8.32. The molecule has 0 bridgehead atoms. The zero-order valence-electron chi connectivity index (χ0n) is 19.3. The molecule has 1 aliphatic rings. The van der Waals surface area contributed by atoms with E-state index in [1.54, 1.807) is 23.0 Å².